The number of hydrogen-bond acceptors (Lipinski definition) is 5. The van der Waals surface area contributed by atoms with Gasteiger partial charge in [0.1, 0.15) is 11.1 Å². The van der Waals surface area contributed by atoms with Gasteiger partial charge in [0, 0.05) is 19.6 Å². The van der Waals surface area contributed by atoms with Crippen molar-refractivity contribution in [1.29, 1.82) is 0 Å². The third-order valence-electron chi connectivity index (χ3n) is 7.17. The number of fused-ring (bicyclic) bond motifs is 1. The Morgan fingerprint density at radius 3 is 2.31 bits per heavy atom. The molecule has 0 bridgehead atoms. The van der Waals surface area contributed by atoms with Gasteiger partial charge in [-0.25, -0.2) is 4.79 Å². The number of carbonyl (C=O) groups is 1. The Hall–Kier alpha value is -1.63. The Balaban J connectivity index is 1.59. The monoisotopic (exact) mass is 502 g/mol. The molecule has 1 amide bonds. The van der Waals surface area contributed by atoms with Crippen LogP contribution in [0, 0.1) is 0 Å². The van der Waals surface area contributed by atoms with Crippen LogP contribution in [0.25, 0.3) is 0 Å². The molecule has 0 unspecified atom stereocenters. The van der Waals surface area contributed by atoms with Crippen molar-refractivity contribution < 1.29 is 19.0 Å². The third-order valence-corrected chi connectivity index (χ3v) is 7.17. The van der Waals surface area contributed by atoms with Crippen LogP contribution in [0.5, 0.6) is 0 Å². The topological polar surface area (TPSA) is 60.0 Å². The molecule has 1 N–H and O–H groups in total. The molecule has 0 saturated carbocycles. The van der Waals surface area contributed by atoms with Crippen LogP contribution in [0.15, 0.2) is 18.2 Å². The second-order valence-electron chi connectivity index (χ2n) is 12.3. The first-order valence-corrected chi connectivity index (χ1v) is 14.1. The van der Waals surface area contributed by atoms with E-state index < -0.39 is 23.0 Å². The summed E-state index contributed by atoms with van der Waals surface area (Å²) in [4.78, 5) is 15.2. The summed E-state index contributed by atoms with van der Waals surface area (Å²) in [7, 11) is 0. The molecule has 3 rings (SSSR count). The number of unbranched alkanes of at least 4 members (excludes halogenated alkanes) is 5. The van der Waals surface area contributed by atoms with E-state index in [2.05, 4.69) is 35.3 Å². The van der Waals surface area contributed by atoms with Crippen molar-refractivity contribution in [3.8, 4) is 0 Å². The van der Waals surface area contributed by atoms with E-state index in [1.165, 1.54) is 61.6 Å². The molecule has 0 atom stereocenters. The lowest BCUT2D eigenvalue weighted by atomic mass is 9.97. The molecule has 6 heteroatoms. The molecule has 2 aliphatic rings. The molecule has 1 saturated heterocycles. The highest BCUT2D eigenvalue weighted by atomic mass is 16.7. The van der Waals surface area contributed by atoms with Gasteiger partial charge in [0.05, 0.1) is 13.2 Å². The van der Waals surface area contributed by atoms with E-state index >= 15 is 0 Å². The van der Waals surface area contributed by atoms with Gasteiger partial charge in [0.15, 0.2) is 5.79 Å². The maximum absolute atomic E-state index is 12.7. The first kappa shape index (κ1) is 28.9. The first-order chi connectivity index (χ1) is 17.0. The first-order valence-electron chi connectivity index (χ1n) is 14.1. The van der Waals surface area contributed by atoms with Gasteiger partial charge in [-0.2, -0.15) is 0 Å². The van der Waals surface area contributed by atoms with Crippen molar-refractivity contribution in [2.75, 3.05) is 32.8 Å². The molecule has 1 aromatic carbocycles. The third kappa shape index (κ3) is 9.35. The van der Waals surface area contributed by atoms with E-state index in [1.54, 1.807) is 0 Å². The molecule has 0 aliphatic carbocycles. The molecule has 0 radical (unpaired) electrons. The predicted octanol–water partition coefficient (Wildman–Crippen LogP) is 6.04. The number of ether oxygens (including phenoxy) is 3. The Bertz CT molecular complexity index is 836. The Morgan fingerprint density at radius 2 is 1.64 bits per heavy atom. The molecule has 36 heavy (non-hydrogen) atoms. The van der Waals surface area contributed by atoms with Crippen molar-refractivity contribution in [1.82, 2.24) is 10.2 Å². The van der Waals surface area contributed by atoms with Crippen molar-refractivity contribution in [2.45, 2.75) is 116 Å². The average Bonchev–Trinajstić information content (AvgIpc) is 2.99. The van der Waals surface area contributed by atoms with E-state index in [0.717, 1.165) is 25.9 Å². The highest BCUT2D eigenvalue weighted by Gasteiger charge is 2.43. The molecule has 204 valence electrons. The molecule has 1 aromatic rings. The van der Waals surface area contributed by atoms with E-state index in [-0.39, 0.29) is 0 Å². The zero-order valence-corrected chi connectivity index (χ0v) is 23.7. The molecule has 2 heterocycles. The van der Waals surface area contributed by atoms with E-state index in [9.17, 15) is 4.79 Å². The van der Waals surface area contributed by atoms with Crippen molar-refractivity contribution in [2.24, 2.45) is 0 Å². The maximum Gasteiger partial charge on any atom is 0.408 e. The SMILES string of the molecule is CCCCCCCCc1ccc2c(c1)CCN(CC1(NC(=O)OC(C)(C)C)COC(C)(C)OC1)CC2. The summed E-state index contributed by atoms with van der Waals surface area (Å²) in [5.74, 6) is -0.652. The number of benzene rings is 1. The Kier molecular flexibility index (Phi) is 10.2. The largest absolute Gasteiger partial charge is 0.444 e. The number of hydrogen-bond donors (Lipinski definition) is 1. The number of amides is 1. The van der Waals surface area contributed by atoms with Gasteiger partial charge in [0.2, 0.25) is 0 Å². The molecular formula is C30H50N2O4. The van der Waals surface area contributed by atoms with Crippen molar-refractivity contribution >= 4 is 6.09 Å². The van der Waals surface area contributed by atoms with Gasteiger partial charge < -0.3 is 24.4 Å². The lowest BCUT2D eigenvalue weighted by Gasteiger charge is -2.45. The predicted molar refractivity (Wildman–Crippen MR) is 145 cm³/mol. The fraction of sp³-hybridized carbons (Fsp3) is 0.767. The minimum Gasteiger partial charge on any atom is -0.444 e. The number of rotatable bonds is 10. The van der Waals surface area contributed by atoms with Gasteiger partial charge in [-0.3, -0.25) is 0 Å². The van der Waals surface area contributed by atoms with Crippen LogP contribution in [-0.2, 0) is 33.5 Å². The van der Waals surface area contributed by atoms with Crippen LogP contribution in [0.2, 0.25) is 0 Å². The van der Waals surface area contributed by atoms with Gasteiger partial charge in [-0.05, 0) is 77.0 Å². The highest BCUT2D eigenvalue weighted by Crippen LogP contribution is 2.27. The zero-order chi connectivity index (χ0) is 26.2. The quantitative estimate of drug-likeness (QED) is 0.396. The van der Waals surface area contributed by atoms with Gasteiger partial charge in [-0.15, -0.1) is 0 Å². The highest BCUT2D eigenvalue weighted by molar-refractivity contribution is 5.69. The van der Waals surface area contributed by atoms with E-state index in [4.69, 9.17) is 14.2 Å². The molecular weight excluding hydrogens is 452 g/mol. The summed E-state index contributed by atoms with van der Waals surface area (Å²) in [6.07, 6.45) is 10.8. The molecule has 6 nitrogen and oxygen atoms in total. The summed E-state index contributed by atoms with van der Waals surface area (Å²) in [5.41, 5.74) is 3.20. The Labute approximate surface area is 219 Å². The van der Waals surface area contributed by atoms with Crippen LogP contribution < -0.4 is 5.32 Å². The van der Waals surface area contributed by atoms with Crippen molar-refractivity contribution in [3.63, 3.8) is 0 Å². The van der Waals surface area contributed by atoms with Crippen LogP contribution in [0.4, 0.5) is 4.79 Å². The number of nitrogens with one attached hydrogen (secondary N) is 1. The number of nitrogens with zero attached hydrogens (tertiary/aromatic N) is 1. The fourth-order valence-electron chi connectivity index (χ4n) is 5.11. The van der Waals surface area contributed by atoms with Crippen LogP contribution in [0.3, 0.4) is 0 Å². The lowest BCUT2D eigenvalue weighted by molar-refractivity contribution is -0.272. The number of carbonyl (C=O) groups excluding carboxylic acids is 1. The smallest absolute Gasteiger partial charge is 0.408 e. The van der Waals surface area contributed by atoms with Crippen LogP contribution in [-0.4, -0.2) is 60.8 Å². The lowest BCUT2D eigenvalue weighted by Crippen LogP contribution is -2.66. The average molecular weight is 503 g/mol. The van der Waals surface area contributed by atoms with Crippen molar-refractivity contribution in [3.05, 3.63) is 34.9 Å². The standard InChI is InChI=1S/C30H50N2O4/c1-7-8-9-10-11-12-13-24-14-15-25-16-18-32(19-17-26(25)20-24)21-30(22-34-29(5,6)35-23-30)31-27(33)36-28(2,3)4/h14-15,20H,7-13,16-19,21-23H2,1-6H3,(H,31,33). The molecule has 2 aliphatic heterocycles. The molecule has 1 fully saturated rings. The summed E-state index contributed by atoms with van der Waals surface area (Å²) < 4.78 is 17.6. The summed E-state index contributed by atoms with van der Waals surface area (Å²) in [6.45, 7) is 15.1. The van der Waals surface area contributed by atoms with Crippen LogP contribution >= 0.6 is 0 Å². The minimum atomic E-state index is -0.652. The van der Waals surface area contributed by atoms with Gasteiger partial charge in [0.25, 0.3) is 0 Å². The summed E-state index contributed by atoms with van der Waals surface area (Å²) in [6, 6.07) is 7.11. The summed E-state index contributed by atoms with van der Waals surface area (Å²) in [5, 5.41) is 3.11. The van der Waals surface area contributed by atoms with Crippen LogP contribution in [0.1, 0.15) is 96.8 Å². The second-order valence-corrected chi connectivity index (χ2v) is 12.3. The Morgan fingerprint density at radius 1 is 1.00 bits per heavy atom. The summed E-state index contributed by atoms with van der Waals surface area (Å²) >= 11 is 0. The second kappa shape index (κ2) is 12.7. The fourth-order valence-corrected chi connectivity index (χ4v) is 5.11. The number of alkyl carbamates (subject to hydrolysis) is 1. The number of aryl methyl sites for hydroxylation is 1. The minimum absolute atomic E-state index is 0.394. The normalized spacial score (nSPS) is 19.8. The maximum atomic E-state index is 12.7. The van der Waals surface area contributed by atoms with Gasteiger partial charge in [-0.1, -0.05) is 57.2 Å². The zero-order valence-electron chi connectivity index (χ0n) is 23.7. The molecule has 0 spiro atoms. The van der Waals surface area contributed by atoms with Gasteiger partial charge >= 0.3 is 6.09 Å². The van der Waals surface area contributed by atoms with E-state index in [1.807, 2.05) is 34.6 Å². The van der Waals surface area contributed by atoms with E-state index in [0.29, 0.717) is 19.8 Å². The molecule has 0 aromatic heterocycles.